The van der Waals surface area contributed by atoms with Crippen LogP contribution < -0.4 is 10.5 Å². The maximum Gasteiger partial charge on any atom is 0.118 e. The van der Waals surface area contributed by atoms with E-state index in [0.717, 1.165) is 22.4 Å². The van der Waals surface area contributed by atoms with Crippen molar-refractivity contribution in [2.24, 2.45) is 5.73 Å². The third kappa shape index (κ3) is 3.97. The first-order valence-corrected chi connectivity index (χ1v) is 6.78. The van der Waals surface area contributed by atoms with Crippen molar-refractivity contribution in [2.45, 2.75) is 19.8 Å². The molecule has 0 atom stereocenters. The molecule has 2 N–H and O–H groups in total. The lowest BCUT2D eigenvalue weighted by atomic mass is 10.1. The average Bonchev–Trinajstić information content (AvgIpc) is 2.49. The minimum Gasteiger partial charge on any atom is -0.497 e. The Labute approximate surface area is 124 Å². The van der Waals surface area contributed by atoms with E-state index < -0.39 is 0 Å². The number of hydrogen-bond donors (Lipinski definition) is 1. The zero-order valence-corrected chi connectivity index (χ0v) is 12.2. The van der Waals surface area contributed by atoms with E-state index >= 15 is 0 Å². The second-order valence-corrected chi connectivity index (χ2v) is 4.88. The Hall–Kier alpha value is -1.55. The van der Waals surface area contributed by atoms with Gasteiger partial charge >= 0.3 is 0 Å². The molecule has 20 heavy (non-hydrogen) atoms. The van der Waals surface area contributed by atoms with E-state index in [4.69, 9.17) is 26.8 Å². The van der Waals surface area contributed by atoms with Crippen molar-refractivity contribution in [2.75, 3.05) is 7.11 Å². The summed E-state index contributed by atoms with van der Waals surface area (Å²) in [6.07, 6.45) is 0. The van der Waals surface area contributed by atoms with E-state index in [0.29, 0.717) is 24.8 Å². The molecule has 0 aromatic heterocycles. The highest BCUT2D eigenvalue weighted by molar-refractivity contribution is 6.31. The largest absolute Gasteiger partial charge is 0.497 e. The predicted octanol–water partition coefficient (Wildman–Crippen LogP) is 3.52. The number of hydrogen-bond acceptors (Lipinski definition) is 3. The molecule has 3 nitrogen and oxygen atoms in total. The molecule has 2 rings (SSSR count). The Kier molecular flexibility index (Phi) is 5.41. The highest BCUT2D eigenvalue weighted by Crippen LogP contribution is 2.19. The van der Waals surface area contributed by atoms with Gasteiger partial charge < -0.3 is 15.2 Å². The number of ether oxygens (including phenoxy) is 2. The Bertz CT molecular complexity index is 555. The Morgan fingerprint density at radius 1 is 1.00 bits per heavy atom. The first kappa shape index (κ1) is 14.9. The molecule has 0 saturated heterocycles. The lowest BCUT2D eigenvalue weighted by Gasteiger charge is -2.08. The zero-order valence-electron chi connectivity index (χ0n) is 11.4. The second-order valence-electron chi connectivity index (χ2n) is 4.47. The summed E-state index contributed by atoms with van der Waals surface area (Å²) in [6, 6.07) is 13.6. The number of rotatable bonds is 6. The molecule has 0 heterocycles. The summed E-state index contributed by atoms with van der Waals surface area (Å²) in [5, 5.41) is 0.697. The van der Waals surface area contributed by atoms with Crippen molar-refractivity contribution in [1.29, 1.82) is 0 Å². The summed E-state index contributed by atoms with van der Waals surface area (Å²) in [5.74, 6) is 0.842. The minimum absolute atomic E-state index is 0.482. The number of benzene rings is 2. The van der Waals surface area contributed by atoms with Crippen LogP contribution in [0.15, 0.2) is 42.5 Å². The molecular formula is C16H18ClNO2. The molecule has 0 saturated carbocycles. The van der Waals surface area contributed by atoms with E-state index in [1.165, 1.54) is 0 Å². The van der Waals surface area contributed by atoms with Crippen LogP contribution in [0.4, 0.5) is 0 Å². The molecule has 0 radical (unpaired) electrons. The highest BCUT2D eigenvalue weighted by atomic mass is 35.5. The highest BCUT2D eigenvalue weighted by Gasteiger charge is 2.02. The molecule has 2 aromatic rings. The monoisotopic (exact) mass is 291 g/mol. The van der Waals surface area contributed by atoms with Crippen LogP contribution in [0.1, 0.15) is 16.7 Å². The Balaban J connectivity index is 1.88. The topological polar surface area (TPSA) is 44.5 Å². The Morgan fingerprint density at radius 2 is 1.70 bits per heavy atom. The molecule has 0 aliphatic heterocycles. The van der Waals surface area contributed by atoms with E-state index in [2.05, 4.69) is 0 Å². The van der Waals surface area contributed by atoms with Gasteiger partial charge in [-0.2, -0.15) is 0 Å². The third-order valence-corrected chi connectivity index (χ3v) is 3.39. The van der Waals surface area contributed by atoms with Gasteiger partial charge in [0.15, 0.2) is 0 Å². The fourth-order valence-electron chi connectivity index (χ4n) is 1.84. The smallest absolute Gasteiger partial charge is 0.118 e. The van der Waals surface area contributed by atoms with Crippen LogP contribution in [-0.2, 0) is 24.5 Å². The molecule has 0 aliphatic carbocycles. The molecule has 106 valence electrons. The van der Waals surface area contributed by atoms with Crippen LogP contribution in [0.25, 0.3) is 0 Å². The van der Waals surface area contributed by atoms with Gasteiger partial charge in [0.2, 0.25) is 0 Å². The maximum absolute atomic E-state index is 6.18. The van der Waals surface area contributed by atoms with Crippen molar-refractivity contribution in [3.8, 4) is 5.75 Å². The van der Waals surface area contributed by atoms with Crippen molar-refractivity contribution >= 4 is 11.6 Å². The first-order chi connectivity index (χ1) is 9.72. The van der Waals surface area contributed by atoms with Crippen LogP contribution in [-0.4, -0.2) is 7.11 Å². The van der Waals surface area contributed by atoms with Crippen molar-refractivity contribution in [1.82, 2.24) is 0 Å². The average molecular weight is 292 g/mol. The normalized spacial score (nSPS) is 10.6. The summed E-state index contributed by atoms with van der Waals surface area (Å²) in [7, 11) is 1.65. The minimum atomic E-state index is 0.482. The van der Waals surface area contributed by atoms with Crippen molar-refractivity contribution < 1.29 is 9.47 Å². The van der Waals surface area contributed by atoms with E-state index in [-0.39, 0.29) is 0 Å². The molecule has 4 heteroatoms. The number of methoxy groups -OCH3 is 1. The van der Waals surface area contributed by atoms with Crippen molar-refractivity contribution in [3.05, 3.63) is 64.2 Å². The van der Waals surface area contributed by atoms with Gasteiger partial charge in [-0.15, -0.1) is 0 Å². The van der Waals surface area contributed by atoms with Gasteiger partial charge in [0, 0.05) is 11.6 Å². The van der Waals surface area contributed by atoms with Gasteiger partial charge in [-0.25, -0.2) is 0 Å². The third-order valence-electron chi connectivity index (χ3n) is 3.04. The summed E-state index contributed by atoms with van der Waals surface area (Å²) < 4.78 is 10.8. The quantitative estimate of drug-likeness (QED) is 0.885. The zero-order chi connectivity index (χ0) is 14.4. The summed E-state index contributed by atoms with van der Waals surface area (Å²) in [5.41, 5.74) is 8.66. The summed E-state index contributed by atoms with van der Waals surface area (Å²) in [6.45, 7) is 1.52. The van der Waals surface area contributed by atoms with Gasteiger partial charge in [0.25, 0.3) is 0 Å². The number of nitrogens with two attached hydrogens (primary N) is 1. The van der Waals surface area contributed by atoms with Gasteiger partial charge in [0.05, 0.1) is 20.3 Å². The summed E-state index contributed by atoms with van der Waals surface area (Å²) in [4.78, 5) is 0. The molecule has 2 aromatic carbocycles. The fourth-order valence-corrected chi connectivity index (χ4v) is 2.09. The molecule has 0 aliphatic rings. The summed E-state index contributed by atoms with van der Waals surface area (Å²) >= 11 is 6.18. The molecule has 0 unspecified atom stereocenters. The van der Waals surface area contributed by atoms with Crippen LogP contribution in [0, 0.1) is 0 Å². The van der Waals surface area contributed by atoms with Crippen LogP contribution >= 0.6 is 11.6 Å². The van der Waals surface area contributed by atoms with Gasteiger partial charge in [-0.3, -0.25) is 0 Å². The van der Waals surface area contributed by atoms with Crippen molar-refractivity contribution in [3.63, 3.8) is 0 Å². The van der Waals surface area contributed by atoms with Gasteiger partial charge in [0.1, 0.15) is 5.75 Å². The van der Waals surface area contributed by atoms with Crippen LogP contribution in [0.3, 0.4) is 0 Å². The predicted molar refractivity (Wildman–Crippen MR) is 80.8 cm³/mol. The van der Waals surface area contributed by atoms with Gasteiger partial charge in [-0.05, 0) is 34.9 Å². The molecule has 0 spiro atoms. The molecular weight excluding hydrogens is 274 g/mol. The van der Waals surface area contributed by atoms with Gasteiger partial charge in [-0.1, -0.05) is 35.9 Å². The molecule has 0 amide bonds. The number of halogens is 1. The lowest BCUT2D eigenvalue weighted by Crippen LogP contribution is -1.99. The maximum atomic E-state index is 6.18. The standard InChI is InChI=1S/C16H18ClNO2/c1-19-15-6-3-12(4-7-15)10-20-11-14-5-2-13(9-18)8-16(14)17/h2-8H,9-11,18H2,1H3. The first-order valence-electron chi connectivity index (χ1n) is 6.41. The fraction of sp³-hybridized carbons (Fsp3) is 0.250. The van der Waals surface area contributed by atoms with E-state index in [9.17, 15) is 0 Å². The molecule has 0 fully saturated rings. The van der Waals surface area contributed by atoms with E-state index in [1.54, 1.807) is 7.11 Å². The lowest BCUT2D eigenvalue weighted by molar-refractivity contribution is 0.107. The molecule has 0 bridgehead atoms. The van der Waals surface area contributed by atoms with Crippen LogP contribution in [0.2, 0.25) is 5.02 Å². The Morgan fingerprint density at radius 3 is 2.30 bits per heavy atom. The SMILES string of the molecule is COc1ccc(COCc2ccc(CN)cc2Cl)cc1. The second kappa shape index (κ2) is 7.29. The van der Waals surface area contributed by atoms with E-state index in [1.807, 2.05) is 42.5 Å². The van der Waals surface area contributed by atoms with Crippen LogP contribution in [0.5, 0.6) is 5.75 Å².